The van der Waals surface area contributed by atoms with E-state index >= 15 is 0 Å². The number of anilines is 1. The third-order valence-corrected chi connectivity index (χ3v) is 4.37. The van der Waals surface area contributed by atoms with E-state index < -0.39 is 0 Å². The topological polar surface area (TPSA) is 68.8 Å². The highest BCUT2D eigenvalue weighted by molar-refractivity contribution is 5.94. The normalized spacial score (nSPS) is 11.0. The molecule has 0 unspecified atom stereocenters. The van der Waals surface area contributed by atoms with Crippen LogP contribution in [0.15, 0.2) is 59.6 Å². The number of aliphatic imine (C=N–C) groups is 1. The van der Waals surface area contributed by atoms with E-state index in [2.05, 4.69) is 51.9 Å². The lowest BCUT2D eigenvalue weighted by atomic mass is 10.1. The number of guanidine groups is 1. The maximum absolute atomic E-state index is 11.7. The molecule has 2 aromatic carbocycles. The SMILES string of the molecule is CCNC(=NCCc1cccc(C(=O)NC)c1)NCCN(C)c1ccccc1. The predicted molar refractivity (Wildman–Crippen MR) is 117 cm³/mol. The summed E-state index contributed by atoms with van der Waals surface area (Å²) >= 11 is 0. The molecular weight excluding hydrogens is 350 g/mol. The van der Waals surface area contributed by atoms with Crippen molar-refractivity contribution in [3.05, 3.63) is 65.7 Å². The van der Waals surface area contributed by atoms with E-state index in [1.807, 2.05) is 42.5 Å². The van der Waals surface area contributed by atoms with Gasteiger partial charge in [-0.3, -0.25) is 9.79 Å². The van der Waals surface area contributed by atoms with Gasteiger partial charge in [0.25, 0.3) is 5.91 Å². The molecule has 6 heteroatoms. The van der Waals surface area contributed by atoms with Gasteiger partial charge in [0.2, 0.25) is 0 Å². The lowest BCUT2D eigenvalue weighted by Gasteiger charge is -2.20. The molecule has 1 amide bonds. The molecule has 0 heterocycles. The number of rotatable bonds is 9. The molecule has 0 aromatic heterocycles. The van der Waals surface area contributed by atoms with Gasteiger partial charge in [-0.2, -0.15) is 0 Å². The number of para-hydroxylation sites is 1. The summed E-state index contributed by atoms with van der Waals surface area (Å²) in [7, 11) is 3.73. The molecular formula is C22H31N5O. The average Bonchev–Trinajstić information content (AvgIpc) is 2.74. The van der Waals surface area contributed by atoms with Crippen molar-refractivity contribution in [1.82, 2.24) is 16.0 Å². The van der Waals surface area contributed by atoms with Gasteiger partial charge in [-0.15, -0.1) is 0 Å². The quantitative estimate of drug-likeness (QED) is 0.460. The summed E-state index contributed by atoms with van der Waals surface area (Å²) in [6.45, 7) is 5.19. The van der Waals surface area contributed by atoms with Crippen LogP contribution in [0.1, 0.15) is 22.8 Å². The van der Waals surface area contributed by atoms with Gasteiger partial charge in [0, 0.05) is 51.5 Å². The van der Waals surface area contributed by atoms with Crippen LogP contribution < -0.4 is 20.9 Å². The van der Waals surface area contributed by atoms with Crippen molar-refractivity contribution in [3.8, 4) is 0 Å². The summed E-state index contributed by atoms with van der Waals surface area (Å²) in [6, 6.07) is 18.0. The largest absolute Gasteiger partial charge is 0.373 e. The highest BCUT2D eigenvalue weighted by atomic mass is 16.1. The van der Waals surface area contributed by atoms with Crippen molar-refractivity contribution in [2.75, 3.05) is 45.2 Å². The van der Waals surface area contributed by atoms with Crippen LogP contribution in [0.5, 0.6) is 0 Å². The fourth-order valence-electron chi connectivity index (χ4n) is 2.80. The van der Waals surface area contributed by atoms with E-state index in [0.717, 1.165) is 37.6 Å². The molecule has 0 atom stereocenters. The second-order valence-electron chi connectivity index (χ2n) is 6.47. The van der Waals surface area contributed by atoms with Crippen molar-refractivity contribution in [1.29, 1.82) is 0 Å². The number of likely N-dealkylation sites (N-methyl/N-ethyl adjacent to an activating group) is 1. The first-order valence-corrected chi connectivity index (χ1v) is 9.73. The molecule has 0 bridgehead atoms. The number of carbonyl (C=O) groups is 1. The Labute approximate surface area is 168 Å². The molecule has 2 aromatic rings. The molecule has 3 N–H and O–H groups in total. The zero-order valence-corrected chi connectivity index (χ0v) is 17.0. The summed E-state index contributed by atoms with van der Waals surface area (Å²) in [4.78, 5) is 18.6. The van der Waals surface area contributed by atoms with Crippen LogP contribution in [0.2, 0.25) is 0 Å². The second-order valence-corrected chi connectivity index (χ2v) is 6.47. The minimum Gasteiger partial charge on any atom is -0.373 e. The molecule has 2 rings (SSSR count). The van der Waals surface area contributed by atoms with Crippen molar-refractivity contribution in [3.63, 3.8) is 0 Å². The Bertz CT molecular complexity index is 761. The number of hydrogen-bond acceptors (Lipinski definition) is 3. The lowest BCUT2D eigenvalue weighted by Crippen LogP contribution is -2.41. The van der Waals surface area contributed by atoms with Crippen LogP contribution in [0.3, 0.4) is 0 Å². The molecule has 150 valence electrons. The van der Waals surface area contributed by atoms with Gasteiger partial charge in [-0.05, 0) is 43.2 Å². The fourth-order valence-corrected chi connectivity index (χ4v) is 2.80. The first kappa shape index (κ1) is 21.3. The Hall–Kier alpha value is -3.02. The maximum atomic E-state index is 11.7. The number of hydrogen-bond donors (Lipinski definition) is 3. The molecule has 28 heavy (non-hydrogen) atoms. The Morgan fingerprint density at radius 1 is 1.07 bits per heavy atom. The third kappa shape index (κ3) is 6.95. The number of nitrogens with zero attached hydrogens (tertiary/aromatic N) is 2. The zero-order chi connectivity index (χ0) is 20.2. The van der Waals surface area contributed by atoms with E-state index in [1.54, 1.807) is 7.05 Å². The minimum atomic E-state index is -0.0668. The van der Waals surface area contributed by atoms with Gasteiger partial charge in [0.05, 0.1) is 0 Å². The Kier molecular flexibility index (Phi) is 8.85. The van der Waals surface area contributed by atoms with E-state index in [4.69, 9.17) is 0 Å². The van der Waals surface area contributed by atoms with Crippen molar-refractivity contribution >= 4 is 17.6 Å². The van der Waals surface area contributed by atoms with Crippen molar-refractivity contribution in [2.45, 2.75) is 13.3 Å². The molecule has 0 aliphatic rings. The lowest BCUT2D eigenvalue weighted by molar-refractivity contribution is 0.0963. The Balaban J connectivity index is 1.84. The van der Waals surface area contributed by atoms with Crippen LogP contribution in [-0.2, 0) is 6.42 Å². The highest BCUT2D eigenvalue weighted by Crippen LogP contribution is 2.09. The van der Waals surface area contributed by atoms with E-state index in [9.17, 15) is 4.79 Å². The van der Waals surface area contributed by atoms with Crippen molar-refractivity contribution in [2.24, 2.45) is 4.99 Å². The standard InChI is InChI=1S/C22H31N5O/c1-4-24-22(26-15-16-27(3)20-11-6-5-7-12-20)25-14-13-18-9-8-10-19(17-18)21(28)23-2/h5-12,17H,4,13-16H2,1-3H3,(H,23,28)(H2,24,25,26). The maximum Gasteiger partial charge on any atom is 0.251 e. The average molecular weight is 382 g/mol. The first-order valence-electron chi connectivity index (χ1n) is 9.73. The highest BCUT2D eigenvalue weighted by Gasteiger charge is 2.04. The zero-order valence-electron chi connectivity index (χ0n) is 17.0. The molecule has 0 aliphatic heterocycles. The summed E-state index contributed by atoms with van der Waals surface area (Å²) in [5, 5.41) is 9.31. The smallest absolute Gasteiger partial charge is 0.251 e. The predicted octanol–water partition coefficient (Wildman–Crippen LogP) is 2.28. The molecule has 0 fully saturated rings. The fraction of sp³-hybridized carbons (Fsp3) is 0.364. The van der Waals surface area contributed by atoms with Crippen LogP contribution >= 0.6 is 0 Å². The van der Waals surface area contributed by atoms with Gasteiger partial charge < -0.3 is 20.9 Å². The summed E-state index contributed by atoms with van der Waals surface area (Å²) in [5.74, 6) is 0.745. The van der Waals surface area contributed by atoms with Crippen LogP contribution in [-0.4, -0.2) is 52.1 Å². The second kappa shape index (κ2) is 11.6. The van der Waals surface area contributed by atoms with Crippen molar-refractivity contribution < 1.29 is 4.79 Å². The van der Waals surface area contributed by atoms with Gasteiger partial charge >= 0.3 is 0 Å². The number of carbonyl (C=O) groups excluding carboxylic acids is 1. The number of nitrogens with one attached hydrogen (secondary N) is 3. The molecule has 0 aliphatic carbocycles. The summed E-state index contributed by atoms with van der Waals surface area (Å²) in [5.41, 5.74) is 2.98. The van der Waals surface area contributed by atoms with Gasteiger partial charge in [0.1, 0.15) is 0 Å². The van der Waals surface area contributed by atoms with Gasteiger partial charge in [-0.1, -0.05) is 30.3 Å². The van der Waals surface area contributed by atoms with Crippen LogP contribution in [0.4, 0.5) is 5.69 Å². The Morgan fingerprint density at radius 3 is 2.57 bits per heavy atom. The first-order chi connectivity index (χ1) is 13.6. The van der Waals surface area contributed by atoms with Gasteiger partial charge in [-0.25, -0.2) is 0 Å². The molecule has 6 nitrogen and oxygen atoms in total. The van der Waals surface area contributed by atoms with E-state index in [1.165, 1.54) is 5.69 Å². The minimum absolute atomic E-state index is 0.0668. The number of amides is 1. The molecule has 0 radical (unpaired) electrons. The van der Waals surface area contributed by atoms with E-state index in [0.29, 0.717) is 12.1 Å². The van der Waals surface area contributed by atoms with E-state index in [-0.39, 0.29) is 5.91 Å². The van der Waals surface area contributed by atoms with Crippen LogP contribution in [0.25, 0.3) is 0 Å². The monoisotopic (exact) mass is 381 g/mol. The number of benzene rings is 2. The Morgan fingerprint density at radius 2 is 1.86 bits per heavy atom. The molecule has 0 spiro atoms. The molecule has 0 saturated carbocycles. The molecule has 0 saturated heterocycles. The third-order valence-electron chi connectivity index (χ3n) is 4.37. The van der Waals surface area contributed by atoms with Gasteiger partial charge in [0.15, 0.2) is 5.96 Å². The summed E-state index contributed by atoms with van der Waals surface area (Å²) in [6.07, 6.45) is 0.783. The summed E-state index contributed by atoms with van der Waals surface area (Å²) < 4.78 is 0. The van der Waals surface area contributed by atoms with Crippen LogP contribution in [0, 0.1) is 0 Å².